The van der Waals surface area contributed by atoms with Crippen LogP contribution in [-0.2, 0) is 6.42 Å². The van der Waals surface area contributed by atoms with Gasteiger partial charge in [0.2, 0.25) is 0 Å². The van der Waals surface area contributed by atoms with Crippen LogP contribution in [0, 0.1) is 0 Å². The first kappa shape index (κ1) is 7.88. The molecule has 0 aromatic heterocycles. The summed E-state index contributed by atoms with van der Waals surface area (Å²) in [7, 11) is 0. The smallest absolute Gasteiger partial charge is 0.00806 e. The van der Waals surface area contributed by atoms with Gasteiger partial charge >= 0.3 is 0 Å². The van der Waals surface area contributed by atoms with E-state index in [-0.39, 0.29) is 0 Å². The van der Waals surface area contributed by atoms with Crippen molar-refractivity contribution in [2.24, 2.45) is 0 Å². The zero-order chi connectivity index (χ0) is 8.39. The first-order valence-corrected chi connectivity index (χ1v) is 4.73. The van der Waals surface area contributed by atoms with Gasteiger partial charge in [-0.25, -0.2) is 0 Å². The summed E-state index contributed by atoms with van der Waals surface area (Å²) < 4.78 is 0. The minimum absolute atomic E-state index is 1.13. The van der Waals surface area contributed by atoms with Gasteiger partial charge in [-0.15, -0.1) is 0 Å². The molecule has 0 aliphatic heterocycles. The van der Waals surface area contributed by atoms with Crippen LogP contribution in [0.15, 0.2) is 29.8 Å². The maximum atomic E-state index is 5.75. The SMILES string of the molecule is Cl/C=C1/CCCc2ccccc21. The van der Waals surface area contributed by atoms with Crippen molar-refractivity contribution in [3.63, 3.8) is 0 Å². The van der Waals surface area contributed by atoms with Gasteiger partial charge in [0.1, 0.15) is 0 Å². The summed E-state index contributed by atoms with van der Waals surface area (Å²) in [6, 6.07) is 8.51. The van der Waals surface area contributed by atoms with Crippen molar-refractivity contribution in [1.82, 2.24) is 0 Å². The van der Waals surface area contributed by atoms with E-state index < -0.39 is 0 Å². The van der Waals surface area contributed by atoms with Gasteiger partial charge in [0.05, 0.1) is 0 Å². The van der Waals surface area contributed by atoms with Crippen molar-refractivity contribution in [1.29, 1.82) is 0 Å². The van der Waals surface area contributed by atoms with Crippen LogP contribution < -0.4 is 0 Å². The molecule has 0 saturated heterocycles. The minimum Gasteiger partial charge on any atom is -0.0926 e. The molecule has 0 heterocycles. The van der Waals surface area contributed by atoms with Gasteiger partial charge < -0.3 is 0 Å². The molecule has 0 spiro atoms. The lowest BCUT2D eigenvalue weighted by Crippen LogP contribution is -2.00. The standard InChI is InChI=1S/C11H11Cl/c12-8-10-6-3-5-9-4-1-2-7-11(9)10/h1-2,4,7-8H,3,5-6H2/b10-8-. The Bertz CT molecular complexity index is 313. The molecule has 1 aromatic rings. The fourth-order valence-corrected chi connectivity index (χ4v) is 2.00. The molecule has 0 radical (unpaired) electrons. The summed E-state index contributed by atoms with van der Waals surface area (Å²) in [4.78, 5) is 0. The van der Waals surface area contributed by atoms with Crippen molar-refractivity contribution in [3.8, 4) is 0 Å². The lowest BCUT2D eigenvalue weighted by molar-refractivity contribution is 0.823. The van der Waals surface area contributed by atoms with Crippen LogP contribution in [0.4, 0.5) is 0 Å². The van der Waals surface area contributed by atoms with E-state index in [9.17, 15) is 0 Å². The van der Waals surface area contributed by atoms with E-state index in [1.807, 2.05) is 0 Å². The van der Waals surface area contributed by atoms with Crippen LogP contribution in [0.2, 0.25) is 0 Å². The Morgan fingerprint density at radius 3 is 2.83 bits per heavy atom. The van der Waals surface area contributed by atoms with Gasteiger partial charge in [-0.3, -0.25) is 0 Å². The monoisotopic (exact) mass is 178 g/mol. The molecule has 1 aromatic carbocycles. The van der Waals surface area contributed by atoms with Crippen LogP contribution in [0.1, 0.15) is 24.0 Å². The molecule has 0 unspecified atom stereocenters. The van der Waals surface area contributed by atoms with Crippen molar-refractivity contribution in [3.05, 3.63) is 40.9 Å². The molecular formula is C11H11Cl. The highest BCUT2D eigenvalue weighted by molar-refractivity contribution is 6.28. The highest BCUT2D eigenvalue weighted by Gasteiger charge is 2.11. The maximum absolute atomic E-state index is 5.75. The summed E-state index contributed by atoms with van der Waals surface area (Å²) >= 11 is 5.75. The second kappa shape index (κ2) is 3.32. The number of hydrogen-bond acceptors (Lipinski definition) is 0. The number of aryl methyl sites for hydroxylation is 1. The average Bonchev–Trinajstić information content (AvgIpc) is 2.17. The zero-order valence-corrected chi connectivity index (χ0v) is 7.64. The predicted molar refractivity (Wildman–Crippen MR) is 53.2 cm³/mol. The molecule has 0 N–H and O–H groups in total. The summed E-state index contributed by atoms with van der Waals surface area (Å²) in [6.07, 6.45) is 3.56. The normalized spacial score (nSPS) is 19.2. The Morgan fingerprint density at radius 2 is 2.00 bits per heavy atom. The maximum Gasteiger partial charge on any atom is 0.00806 e. The molecular weight excluding hydrogens is 168 g/mol. The van der Waals surface area contributed by atoms with E-state index in [0.29, 0.717) is 0 Å². The van der Waals surface area contributed by atoms with Gasteiger partial charge in [0.25, 0.3) is 0 Å². The van der Waals surface area contributed by atoms with Crippen molar-refractivity contribution in [2.75, 3.05) is 0 Å². The van der Waals surface area contributed by atoms with E-state index >= 15 is 0 Å². The highest BCUT2D eigenvalue weighted by atomic mass is 35.5. The Hall–Kier alpha value is -0.750. The summed E-state index contributed by atoms with van der Waals surface area (Å²) in [5.74, 6) is 0. The second-order valence-electron chi connectivity index (χ2n) is 3.15. The van der Waals surface area contributed by atoms with Crippen LogP contribution in [0.25, 0.3) is 5.57 Å². The predicted octanol–water partition coefficient (Wildman–Crippen LogP) is 3.60. The zero-order valence-electron chi connectivity index (χ0n) is 6.89. The Morgan fingerprint density at radius 1 is 1.17 bits per heavy atom. The van der Waals surface area contributed by atoms with E-state index in [1.54, 1.807) is 5.54 Å². The van der Waals surface area contributed by atoms with Gasteiger partial charge in [0, 0.05) is 5.54 Å². The Balaban J connectivity index is 2.51. The molecule has 0 fully saturated rings. The fourth-order valence-electron chi connectivity index (χ4n) is 1.77. The molecule has 1 aliphatic carbocycles. The number of fused-ring (bicyclic) bond motifs is 1. The highest BCUT2D eigenvalue weighted by Crippen LogP contribution is 2.30. The molecule has 0 nitrogen and oxygen atoms in total. The van der Waals surface area contributed by atoms with Crippen molar-refractivity contribution < 1.29 is 0 Å². The number of halogens is 1. The molecule has 1 aliphatic rings. The number of hydrogen-bond donors (Lipinski definition) is 0. The fraction of sp³-hybridized carbons (Fsp3) is 0.273. The van der Waals surface area contributed by atoms with E-state index in [1.165, 1.54) is 29.5 Å². The van der Waals surface area contributed by atoms with Crippen molar-refractivity contribution in [2.45, 2.75) is 19.3 Å². The molecule has 12 heavy (non-hydrogen) atoms. The molecule has 2 rings (SSSR count). The summed E-state index contributed by atoms with van der Waals surface area (Å²) in [6.45, 7) is 0. The lowest BCUT2D eigenvalue weighted by atomic mass is 9.88. The molecule has 1 heteroatoms. The third-order valence-electron chi connectivity index (χ3n) is 2.39. The van der Waals surface area contributed by atoms with Gasteiger partial charge in [0.15, 0.2) is 0 Å². The molecule has 0 saturated carbocycles. The number of allylic oxidation sites excluding steroid dienone is 1. The van der Waals surface area contributed by atoms with E-state index in [0.717, 1.165) is 6.42 Å². The number of benzene rings is 1. The van der Waals surface area contributed by atoms with Gasteiger partial charge in [-0.05, 0) is 36.0 Å². The van der Waals surface area contributed by atoms with Crippen LogP contribution >= 0.6 is 11.6 Å². The minimum atomic E-state index is 1.13. The molecule has 0 bridgehead atoms. The lowest BCUT2D eigenvalue weighted by Gasteiger charge is -2.17. The van der Waals surface area contributed by atoms with Crippen molar-refractivity contribution >= 4 is 17.2 Å². The molecule has 0 atom stereocenters. The van der Waals surface area contributed by atoms with E-state index in [4.69, 9.17) is 11.6 Å². The Kier molecular flexibility index (Phi) is 2.18. The van der Waals surface area contributed by atoms with Crippen LogP contribution in [0.5, 0.6) is 0 Å². The molecule has 62 valence electrons. The van der Waals surface area contributed by atoms with Crippen LogP contribution in [0.3, 0.4) is 0 Å². The molecule has 0 amide bonds. The van der Waals surface area contributed by atoms with Gasteiger partial charge in [-0.2, -0.15) is 0 Å². The third-order valence-corrected chi connectivity index (χ3v) is 2.65. The van der Waals surface area contributed by atoms with Crippen LogP contribution in [-0.4, -0.2) is 0 Å². The first-order valence-electron chi connectivity index (χ1n) is 4.29. The first-order chi connectivity index (χ1) is 5.92. The summed E-state index contributed by atoms with van der Waals surface area (Å²) in [5, 5.41) is 0. The largest absolute Gasteiger partial charge is 0.0926 e. The number of rotatable bonds is 0. The van der Waals surface area contributed by atoms with E-state index in [2.05, 4.69) is 24.3 Å². The second-order valence-corrected chi connectivity index (χ2v) is 3.36. The summed E-state index contributed by atoms with van der Waals surface area (Å²) in [5.41, 5.74) is 5.80. The third kappa shape index (κ3) is 1.27. The van der Waals surface area contributed by atoms with Gasteiger partial charge in [-0.1, -0.05) is 35.9 Å². The average molecular weight is 179 g/mol. The Labute approximate surface area is 77.9 Å². The quantitative estimate of drug-likeness (QED) is 0.570. The topological polar surface area (TPSA) is 0 Å².